The van der Waals surface area contributed by atoms with Crippen molar-refractivity contribution in [2.75, 3.05) is 0 Å². The number of rotatable bonds is 1. The van der Waals surface area contributed by atoms with Crippen molar-refractivity contribution in [2.45, 2.75) is 13.8 Å². The third kappa shape index (κ3) is 1.77. The number of benzene rings is 2. The second kappa shape index (κ2) is 4.01. The SMILES string of the molecule is Cc1cc(-c2cccc3ccccc23)sc1C. The van der Waals surface area contributed by atoms with E-state index in [0.29, 0.717) is 0 Å². The Morgan fingerprint density at radius 1 is 0.882 bits per heavy atom. The summed E-state index contributed by atoms with van der Waals surface area (Å²) in [5.41, 5.74) is 2.74. The molecule has 0 radical (unpaired) electrons. The van der Waals surface area contributed by atoms with Crippen LogP contribution in [0.2, 0.25) is 0 Å². The highest BCUT2D eigenvalue weighted by Gasteiger charge is 2.07. The lowest BCUT2D eigenvalue weighted by molar-refractivity contribution is 1.44. The van der Waals surface area contributed by atoms with Crippen LogP contribution in [-0.2, 0) is 0 Å². The molecule has 3 aromatic rings. The fourth-order valence-electron chi connectivity index (χ4n) is 2.15. The summed E-state index contributed by atoms with van der Waals surface area (Å²) in [5, 5.41) is 2.66. The molecule has 84 valence electrons. The first-order valence-electron chi connectivity index (χ1n) is 5.81. The summed E-state index contributed by atoms with van der Waals surface area (Å²) in [6.45, 7) is 4.37. The first kappa shape index (κ1) is 10.5. The Bertz CT molecular complexity index is 652. The highest BCUT2D eigenvalue weighted by atomic mass is 32.1. The Morgan fingerprint density at radius 3 is 2.41 bits per heavy atom. The first-order valence-corrected chi connectivity index (χ1v) is 6.62. The molecule has 2 aromatic carbocycles. The molecule has 0 N–H and O–H groups in total. The van der Waals surface area contributed by atoms with Crippen LogP contribution in [0.1, 0.15) is 10.4 Å². The molecule has 1 heterocycles. The van der Waals surface area contributed by atoms with Crippen LogP contribution in [0, 0.1) is 13.8 Å². The van der Waals surface area contributed by atoms with Crippen molar-refractivity contribution in [3.8, 4) is 10.4 Å². The fourth-order valence-corrected chi connectivity index (χ4v) is 3.22. The van der Waals surface area contributed by atoms with Crippen LogP contribution in [0.15, 0.2) is 48.5 Å². The lowest BCUT2D eigenvalue weighted by Gasteiger charge is -2.03. The van der Waals surface area contributed by atoms with Gasteiger partial charge in [0, 0.05) is 9.75 Å². The Balaban J connectivity index is 2.30. The second-order valence-corrected chi connectivity index (χ2v) is 5.63. The van der Waals surface area contributed by atoms with E-state index < -0.39 is 0 Å². The standard InChI is InChI=1S/C16H14S/c1-11-10-16(17-12(11)2)15-9-5-7-13-6-3-4-8-14(13)15/h3-10H,1-2H3. The quantitative estimate of drug-likeness (QED) is 0.547. The van der Waals surface area contributed by atoms with Gasteiger partial charge in [-0.05, 0) is 41.8 Å². The van der Waals surface area contributed by atoms with E-state index in [4.69, 9.17) is 0 Å². The predicted molar refractivity (Wildman–Crippen MR) is 76.7 cm³/mol. The van der Waals surface area contributed by atoms with Crippen LogP contribution in [0.3, 0.4) is 0 Å². The van der Waals surface area contributed by atoms with Gasteiger partial charge in [-0.1, -0.05) is 42.5 Å². The molecule has 0 fully saturated rings. The van der Waals surface area contributed by atoms with Crippen LogP contribution < -0.4 is 0 Å². The number of fused-ring (bicyclic) bond motifs is 1. The first-order chi connectivity index (χ1) is 8.25. The van der Waals surface area contributed by atoms with E-state index in [0.717, 1.165) is 0 Å². The average molecular weight is 238 g/mol. The van der Waals surface area contributed by atoms with Crippen molar-refractivity contribution in [1.29, 1.82) is 0 Å². The Labute approximate surface area is 106 Å². The Hall–Kier alpha value is -1.60. The summed E-state index contributed by atoms with van der Waals surface area (Å²) in [7, 11) is 0. The maximum Gasteiger partial charge on any atom is 0.0354 e. The van der Waals surface area contributed by atoms with Crippen LogP contribution in [0.25, 0.3) is 21.2 Å². The zero-order valence-corrected chi connectivity index (χ0v) is 10.8. The molecule has 0 nitrogen and oxygen atoms in total. The molecule has 0 bridgehead atoms. The molecule has 0 spiro atoms. The highest BCUT2D eigenvalue weighted by Crippen LogP contribution is 2.35. The third-order valence-corrected chi connectivity index (χ3v) is 4.41. The van der Waals surface area contributed by atoms with Gasteiger partial charge in [-0.3, -0.25) is 0 Å². The number of hydrogen-bond acceptors (Lipinski definition) is 1. The third-order valence-electron chi connectivity index (χ3n) is 3.22. The Morgan fingerprint density at radius 2 is 1.65 bits per heavy atom. The number of aryl methyl sites for hydroxylation is 2. The van der Waals surface area contributed by atoms with Crippen LogP contribution >= 0.6 is 11.3 Å². The maximum absolute atomic E-state index is 2.29. The van der Waals surface area contributed by atoms with Gasteiger partial charge in [0.2, 0.25) is 0 Å². The van der Waals surface area contributed by atoms with Gasteiger partial charge in [0.15, 0.2) is 0 Å². The van der Waals surface area contributed by atoms with Crippen LogP contribution in [-0.4, -0.2) is 0 Å². The van der Waals surface area contributed by atoms with E-state index >= 15 is 0 Å². The van der Waals surface area contributed by atoms with E-state index in [1.165, 1.54) is 31.7 Å². The van der Waals surface area contributed by atoms with Gasteiger partial charge in [-0.25, -0.2) is 0 Å². The van der Waals surface area contributed by atoms with Gasteiger partial charge >= 0.3 is 0 Å². The number of thiophene rings is 1. The molecule has 0 aliphatic carbocycles. The minimum atomic E-state index is 1.31. The van der Waals surface area contributed by atoms with Gasteiger partial charge in [0.25, 0.3) is 0 Å². The van der Waals surface area contributed by atoms with E-state index in [-0.39, 0.29) is 0 Å². The summed E-state index contributed by atoms with van der Waals surface area (Å²) in [6, 6.07) is 17.4. The molecule has 0 unspecified atom stereocenters. The van der Waals surface area contributed by atoms with Crippen molar-refractivity contribution >= 4 is 22.1 Å². The molecule has 0 aliphatic rings. The molecule has 0 saturated carbocycles. The summed E-state index contributed by atoms with van der Waals surface area (Å²) in [6.07, 6.45) is 0. The van der Waals surface area contributed by atoms with Gasteiger partial charge in [-0.2, -0.15) is 0 Å². The molecule has 0 saturated heterocycles. The van der Waals surface area contributed by atoms with Gasteiger partial charge in [0.1, 0.15) is 0 Å². The lowest BCUT2D eigenvalue weighted by Crippen LogP contribution is -1.77. The van der Waals surface area contributed by atoms with Crippen molar-refractivity contribution < 1.29 is 0 Å². The van der Waals surface area contributed by atoms with E-state index in [1.807, 2.05) is 11.3 Å². The minimum Gasteiger partial charge on any atom is -0.140 e. The normalized spacial score (nSPS) is 10.9. The lowest BCUT2D eigenvalue weighted by atomic mass is 10.0. The molecule has 1 aromatic heterocycles. The largest absolute Gasteiger partial charge is 0.140 e. The van der Waals surface area contributed by atoms with Gasteiger partial charge in [-0.15, -0.1) is 11.3 Å². The molecule has 0 atom stereocenters. The monoisotopic (exact) mass is 238 g/mol. The van der Waals surface area contributed by atoms with Gasteiger partial charge < -0.3 is 0 Å². The molecule has 17 heavy (non-hydrogen) atoms. The molecular weight excluding hydrogens is 224 g/mol. The van der Waals surface area contributed by atoms with Crippen LogP contribution in [0.5, 0.6) is 0 Å². The molecule has 3 rings (SSSR count). The second-order valence-electron chi connectivity index (χ2n) is 4.38. The van der Waals surface area contributed by atoms with E-state index in [9.17, 15) is 0 Å². The fraction of sp³-hybridized carbons (Fsp3) is 0.125. The predicted octanol–water partition coefficient (Wildman–Crippen LogP) is 5.19. The van der Waals surface area contributed by atoms with E-state index in [2.05, 4.69) is 62.4 Å². The molecule has 0 aliphatic heterocycles. The van der Waals surface area contributed by atoms with Crippen LogP contribution in [0.4, 0.5) is 0 Å². The van der Waals surface area contributed by atoms with Crippen molar-refractivity contribution in [1.82, 2.24) is 0 Å². The maximum atomic E-state index is 2.29. The highest BCUT2D eigenvalue weighted by molar-refractivity contribution is 7.15. The summed E-state index contributed by atoms with van der Waals surface area (Å²) in [4.78, 5) is 2.78. The van der Waals surface area contributed by atoms with Crippen molar-refractivity contribution in [2.24, 2.45) is 0 Å². The van der Waals surface area contributed by atoms with Crippen molar-refractivity contribution in [3.05, 3.63) is 59.0 Å². The topological polar surface area (TPSA) is 0 Å². The van der Waals surface area contributed by atoms with Gasteiger partial charge in [0.05, 0.1) is 0 Å². The van der Waals surface area contributed by atoms with E-state index in [1.54, 1.807) is 0 Å². The zero-order valence-electron chi connectivity index (χ0n) is 10.0. The summed E-state index contributed by atoms with van der Waals surface area (Å²) < 4.78 is 0. The molecule has 1 heteroatoms. The smallest absolute Gasteiger partial charge is 0.0354 e. The minimum absolute atomic E-state index is 1.31. The van der Waals surface area contributed by atoms with Crippen molar-refractivity contribution in [3.63, 3.8) is 0 Å². The zero-order chi connectivity index (χ0) is 11.8. The molecule has 0 amide bonds. The average Bonchev–Trinajstić information content (AvgIpc) is 2.69. The summed E-state index contributed by atoms with van der Waals surface area (Å²) in [5.74, 6) is 0. The Kier molecular flexibility index (Phi) is 2.49. The molecular formula is C16H14S. The summed E-state index contributed by atoms with van der Waals surface area (Å²) >= 11 is 1.88. The number of hydrogen-bond donors (Lipinski definition) is 0.